The maximum absolute atomic E-state index is 12.4. The highest BCUT2D eigenvalue weighted by Crippen LogP contribution is 2.47. The van der Waals surface area contributed by atoms with E-state index in [1.54, 1.807) is 0 Å². The molecular weight excluding hydrogens is 212 g/mol. The zero-order valence-corrected chi connectivity index (χ0v) is 12.1. The van der Waals surface area contributed by atoms with Crippen molar-refractivity contribution in [3.8, 4) is 0 Å². The second kappa shape index (κ2) is 5.51. The van der Waals surface area contributed by atoms with Crippen molar-refractivity contribution in [2.24, 2.45) is 11.3 Å². The Hall–Kier alpha value is -0.370. The number of carbonyl (C=O) groups is 1. The molecule has 2 unspecified atom stereocenters. The van der Waals surface area contributed by atoms with Crippen LogP contribution in [0.15, 0.2) is 0 Å². The molecule has 0 aromatic heterocycles. The molecule has 100 valence electrons. The molecule has 1 aliphatic carbocycles. The molecule has 0 bridgehead atoms. The molecule has 0 heterocycles. The van der Waals surface area contributed by atoms with Crippen LogP contribution in [0.3, 0.4) is 0 Å². The first-order chi connectivity index (χ1) is 7.88. The van der Waals surface area contributed by atoms with Gasteiger partial charge in [0.15, 0.2) is 5.78 Å². The quantitative estimate of drug-likeness (QED) is 0.743. The van der Waals surface area contributed by atoms with Crippen molar-refractivity contribution >= 4 is 5.78 Å². The largest absolute Gasteiger partial charge is 0.367 e. The van der Waals surface area contributed by atoms with Gasteiger partial charge in [0, 0.05) is 13.0 Å². The summed E-state index contributed by atoms with van der Waals surface area (Å²) >= 11 is 0. The highest BCUT2D eigenvalue weighted by molar-refractivity contribution is 5.87. The molecular formula is C15H28O2. The Balaban J connectivity index is 3.08. The van der Waals surface area contributed by atoms with Gasteiger partial charge in [-0.05, 0) is 31.1 Å². The van der Waals surface area contributed by atoms with Crippen LogP contribution in [-0.2, 0) is 9.53 Å². The zero-order chi connectivity index (χ0) is 13.1. The molecule has 1 aliphatic rings. The second-order valence-corrected chi connectivity index (χ2v) is 6.26. The Labute approximate surface area is 106 Å². The predicted molar refractivity (Wildman–Crippen MR) is 71.1 cm³/mol. The monoisotopic (exact) mass is 240 g/mol. The molecule has 17 heavy (non-hydrogen) atoms. The van der Waals surface area contributed by atoms with Gasteiger partial charge in [0.1, 0.15) is 5.60 Å². The Kier molecular flexibility index (Phi) is 4.77. The van der Waals surface area contributed by atoms with E-state index < -0.39 is 5.60 Å². The Bertz CT molecular complexity index is 261. The first kappa shape index (κ1) is 14.7. The van der Waals surface area contributed by atoms with Crippen LogP contribution in [0.2, 0.25) is 0 Å². The first-order valence-electron chi connectivity index (χ1n) is 7.05. The number of ether oxygens (including phenoxy) is 1. The molecule has 1 fully saturated rings. The van der Waals surface area contributed by atoms with Crippen molar-refractivity contribution < 1.29 is 9.53 Å². The van der Waals surface area contributed by atoms with Gasteiger partial charge in [-0.2, -0.15) is 0 Å². The van der Waals surface area contributed by atoms with Gasteiger partial charge in [0.2, 0.25) is 0 Å². The van der Waals surface area contributed by atoms with E-state index in [2.05, 4.69) is 20.8 Å². The van der Waals surface area contributed by atoms with E-state index in [9.17, 15) is 4.79 Å². The van der Waals surface area contributed by atoms with E-state index in [4.69, 9.17) is 4.74 Å². The van der Waals surface area contributed by atoms with Crippen LogP contribution in [0, 0.1) is 11.3 Å². The third-order valence-corrected chi connectivity index (χ3v) is 4.09. The zero-order valence-electron chi connectivity index (χ0n) is 12.1. The van der Waals surface area contributed by atoms with Crippen molar-refractivity contribution in [3.05, 3.63) is 0 Å². The van der Waals surface area contributed by atoms with Crippen molar-refractivity contribution in [1.29, 1.82) is 0 Å². The predicted octanol–water partition coefficient (Wildman–Crippen LogP) is 3.98. The summed E-state index contributed by atoms with van der Waals surface area (Å²) in [6.45, 7) is 11.3. The van der Waals surface area contributed by atoms with Gasteiger partial charge in [-0.25, -0.2) is 0 Å². The number of rotatable bonds is 4. The van der Waals surface area contributed by atoms with Gasteiger partial charge in [-0.1, -0.05) is 40.5 Å². The summed E-state index contributed by atoms with van der Waals surface area (Å²) < 4.78 is 6.01. The lowest BCUT2D eigenvalue weighted by Gasteiger charge is -2.48. The summed E-state index contributed by atoms with van der Waals surface area (Å²) in [5, 5.41) is 0. The molecule has 2 nitrogen and oxygen atoms in total. The summed E-state index contributed by atoms with van der Waals surface area (Å²) in [4.78, 5) is 12.4. The molecule has 0 amide bonds. The molecule has 0 aliphatic heterocycles. The molecule has 0 aromatic rings. The standard InChI is InChI=1S/C15H28O2/c1-6-13(16)15(17-7-2)11-9-8-10-12(15)14(3,4)5/h12H,6-11H2,1-5H3. The second-order valence-electron chi connectivity index (χ2n) is 6.26. The van der Waals surface area contributed by atoms with E-state index in [1.165, 1.54) is 6.42 Å². The van der Waals surface area contributed by atoms with Crippen LogP contribution in [0.25, 0.3) is 0 Å². The Morgan fingerprint density at radius 1 is 1.29 bits per heavy atom. The lowest BCUT2D eigenvalue weighted by atomic mass is 9.62. The highest BCUT2D eigenvalue weighted by Gasteiger charge is 2.50. The van der Waals surface area contributed by atoms with E-state index in [1.807, 2.05) is 13.8 Å². The normalized spacial score (nSPS) is 30.3. The average Bonchev–Trinajstić information content (AvgIpc) is 2.27. The first-order valence-corrected chi connectivity index (χ1v) is 7.05. The minimum atomic E-state index is -0.500. The van der Waals surface area contributed by atoms with Crippen LogP contribution in [0.5, 0.6) is 0 Å². The summed E-state index contributed by atoms with van der Waals surface area (Å²) in [6, 6.07) is 0. The highest BCUT2D eigenvalue weighted by atomic mass is 16.5. The summed E-state index contributed by atoms with van der Waals surface area (Å²) in [7, 11) is 0. The fourth-order valence-corrected chi connectivity index (χ4v) is 3.42. The Morgan fingerprint density at radius 3 is 2.41 bits per heavy atom. The lowest BCUT2D eigenvalue weighted by molar-refractivity contribution is -0.168. The maximum atomic E-state index is 12.4. The third-order valence-electron chi connectivity index (χ3n) is 4.09. The number of ketones is 1. The number of hydrogen-bond acceptors (Lipinski definition) is 2. The van der Waals surface area contributed by atoms with E-state index in [0.717, 1.165) is 19.3 Å². The molecule has 0 saturated heterocycles. The molecule has 0 aromatic carbocycles. The number of hydrogen-bond donors (Lipinski definition) is 0. The molecule has 1 saturated carbocycles. The number of carbonyl (C=O) groups excluding carboxylic acids is 1. The van der Waals surface area contributed by atoms with Crippen LogP contribution < -0.4 is 0 Å². The topological polar surface area (TPSA) is 26.3 Å². The lowest BCUT2D eigenvalue weighted by Crippen LogP contribution is -2.54. The van der Waals surface area contributed by atoms with Crippen molar-refractivity contribution in [2.75, 3.05) is 6.61 Å². The van der Waals surface area contributed by atoms with Gasteiger partial charge in [-0.15, -0.1) is 0 Å². The molecule has 2 atom stereocenters. The smallest absolute Gasteiger partial charge is 0.164 e. The van der Waals surface area contributed by atoms with Gasteiger partial charge < -0.3 is 4.74 Å². The molecule has 0 radical (unpaired) electrons. The molecule has 1 rings (SSSR count). The van der Waals surface area contributed by atoms with Crippen LogP contribution in [-0.4, -0.2) is 18.0 Å². The maximum Gasteiger partial charge on any atom is 0.164 e. The summed E-state index contributed by atoms with van der Waals surface area (Å²) in [5.41, 5.74) is -0.361. The van der Waals surface area contributed by atoms with Crippen molar-refractivity contribution in [2.45, 2.75) is 72.3 Å². The summed E-state index contributed by atoms with van der Waals surface area (Å²) in [5.74, 6) is 0.662. The number of Topliss-reactive ketones (excluding diaryl/α,β-unsaturated/α-hetero) is 1. The molecule has 0 N–H and O–H groups in total. The fourth-order valence-electron chi connectivity index (χ4n) is 3.42. The van der Waals surface area contributed by atoms with Gasteiger partial charge in [-0.3, -0.25) is 4.79 Å². The van der Waals surface area contributed by atoms with E-state index in [-0.39, 0.29) is 5.41 Å². The average molecular weight is 240 g/mol. The van der Waals surface area contributed by atoms with E-state index in [0.29, 0.717) is 24.7 Å². The Morgan fingerprint density at radius 2 is 1.94 bits per heavy atom. The minimum absolute atomic E-state index is 0.139. The van der Waals surface area contributed by atoms with Crippen LogP contribution >= 0.6 is 0 Å². The van der Waals surface area contributed by atoms with Gasteiger partial charge in [0.05, 0.1) is 0 Å². The van der Waals surface area contributed by atoms with Crippen molar-refractivity contribution in [3.63, 3.8) is 0 Å². The fraction of sp³-hybridized carbons (Fsp3) is 0.933. The van der Waals surface area contributed by atoms with Crippen LogP contribution in [0.4, 0.5) is 0 Å². The van der Waals surface area contributed by atoms with E-state index >= 15 is 0 Å². The van der Waals surface area contributed by atoms with Gasteiger partial charge in [0.25, 0.3) is 0 Å². The SMILES string of the molecule is CCOC1(C(=O)CC)CCCCC1C(C)(C)C. The van der Waals surface area contributed by atoms with Gasteiger partial charge >= 0.3 is 0 Å². The molecule has 2 heteroatoms. The summed E-state index contributed by atoms with van der Waals surface area (Å²) in [6.07, 6.45) is 4.98. The minimum Gasteiger partial charge on any atom is -0.367 e. The van der Waals surface area contributed by atoms with Crippen LogP contribution in [0.1, 0.15) is 66.7 Å². The third kappa shape index (κ3) is 2.90. The molecule has 0 spiro atoms. The van der Waals surface area contributed by atoms with Crippen molar-refractivity contribution in [1.82, 2.24) is 0 Å².